The molecule has 0 heterocycles. The molecule has 7 nitrogen and oxygen atoms in total. The molecule has 30 heavy (non-hydrogen) atoms. The monoisotopic (exact) mass is 454 g/mol. The van der Waals surface area contributed by atoms with Crippen molar-refractivity contribution in [1.82, 2.24) is 9.62 Å². The van der Waals surface area contributed by atoms with Crippen molar-refractivity contribution in [2.75, 3.05) is 27.2 Å². The van der Waals surface area contributed by atoms with Gasteiger partial charge in [0.15, 0.2) is 6.10 Å². The van der Waals surface area contributed by atoms with E-state index in [-0.39, 0.29) is 24.0 Å². The third-order valence-electron chi connectivity index (χ3n) is 4.36. The van der Waals surface area contributed by atoms with Crippen LogP contribution >= 0.6 is 11.6 Å². The van der Waals surface area contributed by atoms with E-state index in [1.807, 2.05) is 13.8 Å². The molecule has 1 amide bonds. The minimum atomic E-state index is -3.47. The molecule has 1 N–H and O–H groups in total. The van der Waals surface area contributed by atoms with Gasteiger partial charge in [-0.15, -0.1) is 0 Å². The number of nitrogens with zero attached hydrogens (tertiary/aromatic N) is 1. The molecule has 0 aliphatic carbocycles. The summed E-state index contributed by atoms with van der Waals surface area (Å²) in [5.41, 5.74) is 1.77. The van der Waals surface area contributed by atoms with Crippen LogP contribution in [0.25, 0.3) is 0 Å². The van der Waals surface area contributed by atoms with Crippen molar-refractivity contribution >= 4 is 27.5 Å². The second kappa shape index (κ2) is 10.1. The number of carbonyl (C=O) groups excluding carboxylic acids is 1. The van der Waals surface area contributed by atoms with Crippen molar-refractivity contribution in [2.24, 2.45) is 0 Å². The predicted molar refractivity (Wildman–Crippen MR) is 117 cm³/mol. The second-order valence-electron chi connectivity index (χ2n) is 7.03. The van der Waals surface area contributed by atoms with Gasteiger partial charge in [0.1, 0.15) is 18.1 Å². The Morgan fingerprint density at radius 3 is 2.20 bits per heavy atom. The first-order valence-corrected chi connectivity index (χ1v) is 11.2. The fourth-order valence-corrected chi connectivity index (χ4v) is 3.65. The molecule has 0 fully saturated rings. The van der Waals surface area contributed by atoms with Crippen LogP contribution in [0, 0.1) is 13.8 Å². The average molecular weight is 455 g/mol. The molecule has 0 aliphatic heterocycles. The zero-order chi connectivity index (χ0) is 22.5. The third-order valence-corrected chi connectivity index (χ3v) is 6.79. The van der Waals surface area contributed by atoms with Crippen molar-refractivity contribution in [3.05, 3.63) is 52.5 Å². The van der Waals surface area contributed by atoms with Gasteiger partial charge in [-0.3, -0.25) is 4.79 Å². The van der Waals surface area contributed by atoms with Gasteiger partial charge in [-0.25, -0.2) is 12.7 Å². The van der Waals surface area contributed by atoms with Crippen LogP contribution in [-0.4, -0.2) is 52.0 Å². The van der Waals surface area contributed by atoms with Gasteiger partial charge in [-0.2, -0.15) is 0 Å². The maximum Gasteiger partial charge on any atom is 0.260 e. The average Bonchev–Trinajstić information content (AvgIpc) is 2.69. The van der Waals surface area contributed by atoms with Gasteiger partial charge in [0.05, 0.1) is 11.4 Å². The zero-order valence-electron chi connectivity index (χ0n) is 17.7. The zero-order valence-corrected chi connectivity index (χ0v) is 19.3. The Morgan fingerprint density at radius 1 is 1.10 bits per heavy atom. The minimum absolute atomic E-state index is 0.187. The van der Waals surface area contributed by atoms with Crippen LogP contribution in [0.2, 0.25) is 5.02 Å². The number of aryl methyl sites for hydroxylation is 2. The van der Waals surface area contributed by atoms with E-state index in [1.165, 1.54) is 26.2 Å². The molecule has 0 radical (unpaired) electrons. The van der Waals surface area contributed by atoms with Crippen LogP contribution in [0.15, 0.2) is 41.3 Å². The highest BCUT2D eigenvalue weighted by Gasteiger charge is 2.17. The molecule has 2 rings (SSSR count). The van der Waals surface area contributed by atoms with Crippen molar-refractivity contribution in [3.8, 4) is 11.5 Å². The molecule has 1 atom stereocenters. The van der Waals surface area contributed by atoms with Crippen molar-refractivity contribution in [3.63, 3.8) is 0 Å². The van der Waals surface area contributed by atoms with Crippen LogP contribution < -0.4 is 14.8 Å². The largest absolute Gasteiger partial charge is 0.492 e. The van der Waals surface area contributed by atoms with Gasteiger partial charge < -0.3 is 14.8 Å². The topological polar surface area (TPSA) is 84.9 Å². The fraction of sp³-hybridized carbons (Fsp3) is 0.381. The smallest absolute Gasteiger partial charge is 0.260 e. The van der Waals surface area contributed by atoms with Gasteiger partial charge in [-0.1, -0.05) is 11.6 Å². The molecule has 164 valence electrons. The number of benzene rings is 2. The standard InChI is InChI=1S/C21H27ClN2O5S/c1-14-12-18(13-15(2)20(14)22)29-16(3)21(25)23-10-11-28-17-6-8-19(9-7-17)30(26,27)24(4)5/h6-9,12-13,16H,10-11H2,1-5H3,(H,23,25)/t16-/m0/s1. The number of hydrogen-bond donors (Lipinski definition) is 1. The van der Waals surface area contributed by atoms with Crippen molar-refractivity contribution < 1.29 is 22.7 Å². The number of sulfonamides is 1. The van der Waals surface area contributed by atoms with E-state index >= 15 is 0 Å². The van der Waals surface area contributed by atoms with Crippen LogP contribution in [-0.2, 0) is 14.8 Å². The van der Waals surface area contributed by atoms with Gasteiger partial charge in [0, 0.05) is 19.1 Å². The Morgan fingerprint density at radius 2 is 1.67 bits per heavy atom. The van der Waals surface area contributed by atoms with Gasteiger partial charge in [0.25, 0.3) is 5.91 Å². The number of rotatable bonds is 9. The Hall–Kier alpha value is -2.29. The molecule has 0 saturated carbocycles. The molecular weight excluding hydrogens is 428 g/mol. The molecule has 0 bridgehead atoms. The number of hydrogen-bond acceptors (Lipinski definition) is 5. The van der Waals surface area contributed by atoms with E-state index in [0.717, 1.165) is 15.4 Å². The van der Waals surface area contributed by atoms with Crippen LogP contribution in [0.4, 0.5) is 0 Å². The van der Waals surface area contributed by atoms with Crippen molar-refractivity contribution in [2.45, 2.75) is 31.8 Å². The maximum absolute atomic E-state index is 12.2. The minimum Gasteiger partial charge on any atom is -0.492 e. The summed E-state index contributed by atoms with van der Waals surface area (Å²) in [5, 5.41) is 3.43. The maximum atomic E-state index is 12.2. The number of carbonyl (C=O) groups is 1. The molecule has 2 aromatic rings. The summed E-state index contributed by atoms with van der Waals surface area (Å²) in [6, 6.07) is 9.71. The lowest BCUT2D eigenvalue weighted by Gasteiger charge is -2.16. The molecule has 0 unspecified atom stereocenters. The lowest BCUT2D eigenvalue weighted by molar-refractivity contribution is -0.127. The van der Waals surface area contributed by atoms with Crippen LogP contribution in [0.3, 0.4) is 0 Å². The lowest BCUT2D eigenvalue weighted by atomic mass is 10.1. The summed E-state index contributed by atoms with van der Waals surface area (Å²) in [5.74, 6) is 0.829. The summed E-state index contributed by atoms with van der Waals surface area (Å²) in [6.07, 6.45) is -0.680. The van der Waals surface area contributed by atoms with E-state index in [0.29, 0.717) is 16.5 Å². The molecular formula is C21H27ClN2O5S. The SMILES string of the molecule is Cc1cc(O[C@@H](C)C(=O)NCCOc2ccc(S(=O)(=O)N(C)C)cc2)cc(C)c1Cl. The van der Waals surface area contributed by atoms with Crippen LogP contribution in [0.5, 0.6) is 11.5 Å². The van der Waals surface area contributed by atoms with Gasteiger partial charge in [-0.05, 0) is 68.3 Å². The first-order chi connectivity index (χ1) is 14.0. The molecule has 0 aliphatic rings. The quantitative estimate of drug-likeness (QED) is 0.588. The molecule has 0 aromatic heterocycles. The first-order valence-electron chi connectivity index (χ1n) is 9.39. The predicted octanol–water partition coefficient (Wildman–Crippen LogP) is 3.17. The Bertz CT molecular complexity index is 968. The third kappa shape index (κ3) is 6.10. The van der Waals surface area contributed by atoms with E-state index in [4.69, 9.17) is 21.1 Å². The highest BCUT2D eigenvalue weighted by atomic mass is 35.5. The Balaban J connectivity index is 1.80. The summed E-state index contributed by atoms with van der Waals surface area (Å²) < 4.78 is 36.5. The summed E-state index contributed by atoms with van der Waals surface area (Å²) in [4.78, 5) is 12.4. The Kier molecular flexibility index (Phi) is 8.11. The summed E-state index contributed by atoms with van der Waals surface area (Å²) in [6.45, 7) is 5.94. The van der Waals surface area contributed by atoms with E-state index in [2.05, 4.69) is 5.32 Å². The first kappa shape index (κ1) is 24.0. The van der Waals surface area contributed by atoms with E-state index in [1.54, 1.807) is 31.2 Å². The van der Waals surface area contributed by atoms with E-state index < -0.39 is 16.1 Å². The molecule has 0 saturated heterocycles. The van der Waals surface area contributed by atoms with Gasteiger partial charge in [0.2, 0.25) is 10.0 Å². The number of ether oxygens (including phenoxy) is 2. The van der Waals surface area contributed by atoms with Crippen LogP contribution in [0.1, 0.15) is 18.1 Å². The summed E-state index contributed by atoms with van der Waals surface area (Å²) >= 11 is 6.15. The fourth-order valence-electron chi connectivity index (χ4n) is 2.64. The molecule has 2 aromatic carbocycles. The summed E-state index contributed by atoms with van der Waals surface area (Å²) in [7, 11) is -0.525. The highest BCUT2D eigenvalue weighted by molar-refractivity contribution is 7.89. The van der Waals surface area contributed by atoms with E-state index in [9.17, 15) is 13.2 Å². The van der Waals surface area contributed by atoms with Crippen molar-refractivity contribution in [1.29, 1.82) is 0 Å². The Labute approximate surface area is 183 Å². The highest BCUT2D eigenvalue weighted by Crippen LogP contribution is 2.26. The normalized spacial score (nSPS) is 12.5. The number of amides is 1. The van der Waals surface area contributed by atoms with Gasteiger partial charge >= 0.3 is 0 Å². The number of nitrogens with one attached hydrogen (secondary N) is 1. The molecule has 9 heteroatoms. The number of halogens is 1. The lowest BCUT2D eigenvalue weighted by Crippen LogP contribution is -2.38. The second-order valence-corrected chi connectivity index (χ2v) is 9.56. The molecule has 0 spiro atoms.